The number of aromatic nitrogens is 1. The number of methoxy groups -OCH3 is 1. The molecule has 4 rings (SSSR count). The van der Waals surface area contributed by atoms with Gasteiger partial charge in [-0.2, -0.15) is 0 Å². The summed E-state index contributed by atoms with van der Waals surface area (Å²) >= 11 is 0. The average molecular weight is 487 g/mol. The van der Waals surface area contributed by atoms with Gasteiger partial charge < -0.3 is 20.1 Å². The van der Waals surface area contributed by atoms with E-state index in [0.717, 1.165) is 37.7 Å². The minimum atomic E-state index is -0.698. The van der Waals surface area contributed by atoms with Crippen LogP contribution < -0.4 is 10.6 Å². The number of nitrogens with zero attached hydrogens (tertiary/aromatic N) is 2. The van der Waals surface area contributed by atoms with E-state index in [0.29, 0.717) is 18.5 Å². The second kappa shape index (κ2) is 11.1. The maximum atomic E-state index is 12.3. The Balaban J connectivity index is 1.24. The van der Waals surface area contributed by atoms with Crippen LogP contribution in [-0.2, 0) is 27.1 Å². The largest absolute Gasteiger partial charge is 0.467 e. The molecule has 1 atom stereocenters. The maximum absolute atomic E-state index is 12.3. The van der Waals surface area contributed by atoms with Crippen LogP contribution in [0.1, 0.15) is 77.0 Å². The van der Waals surface area contributed by atoms with E-state index in [1.807, 2.05) is 0 Å². The van der Waals surface area contributed by atoms with Gasteiger partial charge in [0, 0.05) is 30.9 Å². The van der Waals surface area contributed by atoms with E-state index in [2.05, 4.69) is 27.7 Å². The van der Waals surface area contributed by atoms with Gasteiger partial charge in [-0.1, -0.05) is 6.07 Å². The lowest BCUT2D eigenvalue weighted by Crippen LogP contribution is -2.50. The Labute approximate surface area is 209 Å². The van der Waals surface area contributed by atoms with Crippen LogP contribution in [0.2, 0.25) is 0 Å². The number of rotatable bonds is 10. The Bertz CT molecular complexity index is 890. The van der Waals surface area contributed by atoms with Gasteiger partial charge in [0.1, 0.15) is 17.5 Å². The fraction of sp³-hybridized carbons (Fsp3) is 0.741. The molecule has 2 saturated carbocycles. The van der Waals surface area contributed by atoms with Crippen molar-refractivity contribution in [2.75, 3.05) is 25.5 Å². The molecule has 1 aromatic heterocycles. The molecule has 0 saturated heterocycles. The molecule has 8 nitrogen and oxygen atoms in total. The molecule has 194 valence electrons. The third kappa shape index (κ3) is 7.32. The standard InChI is InChI=1S/C27H42N4O4/c1-27(2,3)35-26(33)30-23(25(32)34-4)13-15-31(21-11-12-21)22-16-18(17-22)7-9-20-10-8-19-6-5-14-28-24(19)29-20/h8,10,18,21-23H,5-7,9,11-17H2,1-4H3,(H,28,29)(H,30,33)/t18?,22?,23-/m0/s1. The number of hydrogen-bond acceptors (Lipinski definition) is 7. The van der Waals surface area contributed by atoms with Gasteiger partial charge in [0.25, 0.3) is 0 Å². The normalized spacial score (nSPS) is 22.4. The van der Waals surface area contributed by atoms with E-state index in [1.165, 1.54) is 56.9 Å². The molecular formula is C27H42N4O4. The quantitative estimate of drug-likeness (QED) is 0.482. The van der Waals surface area contributed by atoms with Crippen molar-refractivity contribution in [3.63, 3.8) is 0 Å². The summed E-state index contributed by atoms with van der Waals surface area (Å²) in [6, 6.07) is 4.91. The number of anilines is 1. The summed E-state index contributed by atoms with van der Waals surface area (Å²) in [6.45, 7) is 7.21. The molecule has 0 spiro atoms. The number of fused-ring (bicyclic) bond motifs is 1. The van der Waals surface area contributed by atoms with Gasteiger partial charge in [0.2, 0.25) is 0 Å². The van der Waals surface area contributed by atoms with Crippen molar-refractivity contribution >= 4 is 17.9 Å². The van der Waals surface area contributed by atoms with E-state index in [-0.39, 0.29) is 0 Å². The lowest BCUT2D eigenvalue weighted by molar-refractivity contribution is -0.143. The number of carbonyl (C=O) groups excluding carboxylic acids is 2. The first-order valence-electron chi connectivity index (χ1n) is 13.3. The first kappa shape index (κ1) is 25.7. The maximum Gasteiger partial charge on any atom is 0.408 e. The summed E-state index contributed by atoms with van der Waals surface area (Å²) in [7, 11) is 1.36. The highest BCUT2D eigenvalue weighted by atomic mass is 16.6. The van der Waals surface area contributed by atoms with E-state index in [9.17, 15) is 9.59 Å². The summed E-state index contributed by atoms with van der Waals surface area (Å²) < 4.78 is 10.3. The molecule has 35 heavy (non-hydrogen) atoms. The summed E-state index contributed by atoms with van der Waals surface area (Å²) in [6.07, 6.45) is 9.28. The van der Waals surface area contributed by atoms with Crippen molar-refractivity contribution in [2.24, 2.45) is 5.92 Å². The topological polar surface area (TPSA) is 92.8 Å². The molecule has 0 unspecified atom stereocenters. The summed E-state index contributed by atoms with van der Waals surface area (Å²) in [5, 5.41) is 6.14. The molecule has 2 heterocycles. The van der Waals surface area contributed by atoms with Crippen LogP contribution >= 0.6 is 0 Å². The van der Waals surface area contributed by atoms with Crippen LogP contribution in [0.5, 0.6) is 0 Å². The van der Waals surface area contributed by atoms with Gasteiger partial charge in [0.15, 0.2) is 0 Å². The van der Waals surface area contributed by atoms with E-state index < -0.39 is 23.7 Å². The fourth-order valence-electron chi connectivity index (χ4n) is 5.26. The number of aryl methyl sites for hydroxylation is 2. The molecule has 1 aliphatic heterocycles. The first-order chi connectivity index (χ1) is 16.7. The lowest BCUT2D eigenvalue weighted by Gasteiger charge is -2.44. The summed E-state index contributed by atoms with van der Waals surface area (Å²) in [5.41, 5.74) is 1.92. The molecule has 0 aromatic carbocycles. The van der Waals surface area contributed by atoms with Crippen molar-refractivity contribution in [3.05, 3.63) is 23.4 Å². The van der Waals surface area contributed by atoms with Crippen LogP contribution in [0.15, 0.2) is 12.1 Å². The second-order valence-corrected chi connectivity index (χ2v) is 11.4. The molecular weight excluding hydrogens is 444 g/mol. The molecule has 1 amide bonds. The molecule has 3 aliphatic rings. The van der Waals surface area contributed by atoms with Crippen LogP contribution in [0.3, 0.4) is 0 Å². The zero-order chi connectivity index (χ0) is 25.0. The smallest absolute Gasteiger partial charge is 0.408 e. The number of ether oxygens (including phenoxy) is 2. The molecule has 8 heteroatoms. The summed E-state index contributed by atoms with van der Waals surface area (Å²) in [5.74, 6) is 1.38. The first-order valence-corrected chi connectivity index (χ1v) is 13.3. The highest BCUT2D eigenvalue weighted by Crippen LogP contribution is 2.40. The van der Waals surface area contributed by atoms with E-state index in [4.69, 9.17) is 14.5 Å². The number of amides is 1. The third-order valence-corrected chi connectivity index (χ3v) is 7.31. The van der Waals surface area contributed by atoms with Crippen molar-refractivity contribution in [1.82, 2.24) is 15.2 Å². The van der Waals surface area contributed by atoms with Crippen molar-refractivity contribution in [1.29, 1.82) is 0 Å². The highest BCUT2D eigenvalue weighted by molar-refractivity contribution is 5.81. The van der Waals surface area contributed by atoms with Crippen LogP contribution in [-0.4, -0.2) is 65.9 Å². The van der Waals surface area contributed by atoms with Crippen molar-refractivity contribution in [2.45, 2.75) is 102 Å². The number of nitrogens with one attached hydrogen (secondary N) is 2. The molecule has 2 aliphatic carbocycles. The van der Waals surface area contributed by atoms with Gasteiger partial charge in [-0.3, -0.25) is 4.90 Å². The molecule has 2 N–H and O–H groups in total. The number of hydrogen-bond donors (Lipinski definition) is 2. The second-order valence-electron chi connectivity index (χ2n) is 11.4. The third-order valence-electron chi connectivity index (χ3n) is 7.31. The average Bonchev–Trinajstić information content (AvgIpc) is 3.62. The zero-order valence-corrected chi connectivity index (χ0v) is 21.8. The van der Waals surface area contributed by atoms with Gasteiger partial charge in [-0.25, -0.2) is 14.6 Å². The van der Waals surface area contributed by atoms with Gasteiger partial charge in [-0.15, -0.1) is 0 Å². The van der Waals surface area contributed by atoms with Gasteiger partial charge >= 0.3 is 12.1 Å². The summed E-state index contributed by atoms with van der Waals surface area (Å²) in [4.78, 5) is 31.9. The minimum absolute atomic E-state index is 0.426. The van der Waals surface area contributed by atoms with Crippen LogP contribution in [0.25, 0.3) is 0 Å². The van der Waals surface area contributed by atoms with Crippen molar-refractivity contribution < 1.29 is 19.1 Å². The van der Waals surface area contributed by atoms with E-state index >= 15 is 0 Å². The Morgan fingerprint density at radius 1 is 1.23 bits per heavy atom. The monoisotopic (exact) mass is 486 g/mol. The van der Waals surface area contributed by atoms with Crippen LogP contribution in [0, 0.1) is 5.92 Å². The van der Waals surface area contributed by atoms with Crippen LogP contribution in [0.4, 0.5) is 10.6 Å². The SMILES string of the molecule is COC(=O)[C@H](CCN(C1CC1)C1CC(CCc2ccc3c(n2)NCCC3)C1)NC(=O)OC(C)(C)C. The Kier molecular flexibility index (Phi) is 8.19. The Hall–Kier alpha value is -2.35. The predicted octanol–water partition coefficient (Wildman–Crippen LogP) is 4.07. The minimum Gasteiger partial charge on any atom is -0.467 e. The zero-order valence-electron chi connectivity index (χ0n) is 21.8. The highest BCUT2D eigenvalue weighted by Gasteiger charge is 2.40. The number of carbonyl (C=O) groups is 2. The number of esters is 1. The molecule has 0 radical (unpaired) electrons. The molecule has 2 fully saturated rings. The van der Waals surface area contributed by atoms with Gasteiger partial charge in [-0.05, 0) is 96.1 Å². The van der Waals surface area contributed by atoms with Crippen molar-refractivity contribution in [3.8, 4) is 0 Å². The molecule has 0 bridgehead atoms. The van der Waals surface area contributed by atoms with E-state index in [1.54, 1.807) is 20.8 Å². The Morgan fingerprint density at radius 3 is 2.69 bits per heavy atom. The number of pyridine rings is 1. The molecule has 1 aromatic rings. The fourth-order valence-corrected chi connectivity index (χ4v) is 5.26. The predicted molar refractivity (Wildman–Crippen MR) is 135 cm³/mol. The lowest BCUT2D eigenvalue weighted by atomic mass is 9.76. The number of alkyl carbamates (subject to hydrolysis) is 1. The Morgan fingerprint density at radius 2 is 2.00 bits per heavy atom. The van der Waals surface area contributed by atoms with Gasteiger partial charge in [0.05, 0.1) is 7.11 Å².